The average molecular weight is 320 g/mol. The maximum Gasteiger partial charge on any atom is 0.248 e. The van der Waals surface area contributed by atoms with E-state index in [0.717, 1.165) is 29.8 Å². The summed E-state index contributed by atoms with van der Waals surface area (Å²) in [6.45, 7) is 1.41. The fourth-order valence-electron chi connectivity index (χ4n) is 2.76. The number of hydrogen-bond acceptors (Lipinski definition) is 2. The summed E-state index contributed by atoms with van der Waals surface area (Å²) in [5.41, 5.74) is 2.74. The van der Waals surface area contributed by atoms with Crippen molar-refractivity contribution in [2.75, 3.05) is 11.9 Å². The van der Waals surface area contributed by atoms with Gasteiger partial charge in [0.05, 0.1) is 0 Å². The van der Waals surface area contributed by atoms with E-state index in [2.05, 4.69) is 5.32 Å². The number of anilines is 1. The molecular formula is C20H20N2O2. The lowest BCUT2D eigenvalue weighted by Crippen LogP contribution is -2.23. The first-order valence-corrected chi connectivity index (χ1v) is 8.11. The summed E-state index contributed by atoms with van der Waals surface area (Å²) < 4.78 is 0. The minimum absolute atomic E-state index is 0.173. The smallest absolute Gasteiger partial charge is 0.248 e. The number of amides is 2. The van der Waals surface area contributed by atoms with Crippen LogP contribution in [0.2, 0.25) is 0 Å². The molecule has 0 aromatic heterocycles. The van der Waals surface area contributed by atoms with Gasteiger partial charge >= 0.3 is 0 Å². The Morgan fingerprint density at radius 3 is 2.71 bits per heavy atom. The third kappa shape index (κ3) is 4.32. The minimum Gasteiger partial charge on any atom is -0.338 e. The van der Waals surface area contributed by atoms with Crippen molar-refractivity contribution in [1.82, 2.24) is 4.90 Å². The lowest BCUT2D eigenvalue weighted by molar-refractivity contribution is -0.128. The molecule has 0 bridgehead atoms. The van der Waals surface area contributed by atoms with E-state index in [1.54, 1.807) is 6.08 Å². The van der Waals surface area contributed by atoms with Gasteiger partial charge in [-0.15, -0.1) is 0 Å². The van der Waals surface area contributed by atoms with Gasteiger partial charge in [-0.05, 0) is 35.8 Å². The highest BCUT2D eigenvalue weighted by molar-refractivity contribution is 6.01. The van der Waals surface area contributed by atoms with Crippen LogP contribution in [0.5, 0.6) is 0 Å². The molecule has 1 saturated heterocycles. The van der Waals surface area contributed by atoms with Crippen molar-refractivity contribution in [3.8, 4) is 0 Å². The first kappa shape index (κ1) is 16.0. The van der Waals surface area contributed by atoms with Gasteiger partial charge in [-0.2, -0.15) is 0 Å². The van der Waals surface area contributed by atoms with E-state index in [1.165, 1.54) is 6.08 Å². The molecule has 1 N–H and O–H groups in total. The molecule has 4 heteroatoms. The van der Waals surface area contributed by atoms with Crippen LogP contribution in [-0.2, 0) is 16.1 Å². The summed E-state index contributed by atoms with van der Waals surface area (Å²) in [6, 6.07) is 17.3. The van der Waals surface area contributed by atoms with Crippen molar-refractivity contribution in [3.05, 3.63) is 71.8 Å². The van der Waals surface area contributed by atoms with Crippen molar-refractivity contribution >= 4 is 23.6 Å². The van der Waals surface area contributed by atoms with Crippen molar-refractivity contribution in [2.24, 2.45) is 0 Å². The van der Waals surface area contributed by atoms with Crippen molar-refractivity contribution in [2.45, 2.75) is 19.4 Å². The fraction of sp³-hybridized carbons (Fsp3) is 0.200. The Morgan fingerprint density at radius 1 is 1.12 bits per heavy atom. The molecule has 1 aliphatic heterocycles. The van der Waals surface area contributed by atoms with E-state index in [-0.39, 0.29) is 11.8 Å². The second kappa shape index (κ2) is 7.59. The SMILES string of the molecule is O=C(/C=C/c1ccccc1)Nc1cccc(CN2CCCC2=O)c1. The van der Waals surface area contributed by atoms with Gasteiger partial charge < -0.3 is 10.2 Å². The van der Waals surface area contributed by atoms with Crippen LogP contribution in [-0.4, -0.2) is 23.3 Å². The topological polar surface area (TPSA) is 49.4 Å². The first-order valence-electron chi connectivity index (χ1n) is 8.11. The van der Waals surface area contributed by atoms with Crippen LogP contribution in [0.4, 0.5) is 5.69 Å². The summed E-state index contributed by atoms with van der Waals surface area (Å²) >= 11 is 0. The first-order chi connectivity index (χ1) is 11.7. The molecule has 0 spiro atoms. The molecule has 0 saturated carbocycles. The molecule has 3 rings (SSSR count). The van der Waals surface area contributed by atoms with Crippen LogP contribution < -0.4 is 5.32 Å². The Morgan fingerprint density at radius 2 is 1.96 bits per heavy atom. The molecule has 2 aromatic carbocycles. The zero-order valence-electron chi connectivity index (χ0n) is 13.4. The Kier molecular flexibility index (Phi) is 5.06. The second-order valence-corrected chi connectivity index (χ2v) is 5.85. The van der Waals surface area contributed by atoms with E-state index in [9.17, 15) is 9.59 Å². The van der Waals surface area contributed by atoms with Gasteiger partial charge in [0.25, 0.3) is 0 Å². The molecule has 4 nitrogen and oxygen atoms in total. The molecule has 122 valence electrons. The van der Waals surface area contributed by atoms with Gasteiger partial charge in [0, 0.05) is 31.3 Å². The van der Waals surface area contributed by atoms with Crippen LogP contribution in [0, 0.1) is 0 Å². The lowest BCUT2D eigenvalue weighted by atomic mass is 10.2. The average Bonchev–Trinajstić information content (AvgIpc) is 2.99. The van der Waals surface area contributed by atoms with E-state index in [4.69, 9.17) is 0 Å². The molecule has 0 radical (unpaired) electrons. The maximum atomic E-state index is 12.0. The highest BCUT2D eigenvalue weighted by Gasteiger charge is 2.19. The highest BCUT2D eigenvalue weighted by atomic mass is 16.2. The minimum atomic E-state index is -0.173. The number of likely N-dealkylation sites (tertiary alicyclic amines) is 1. The van der Waals surface area contributed by atoms with Crippen LogP contribution >= 0.6 is 0 Å². The van der Waals surface area contributed by atoms with E-state index in [1.807, 2.05) is 59.5 Å². The zero-order valence-corrected chi connectivity index (χ0v) is 13.4. The van der Waals surface area contributed by atoms with E-state index in [0.29, 0.717) is 13.0 Å². The molecule has 2 amide bonds. The number of hydrogen-bond donors (Lipinski definition) is 1. The van der Waals surface area contributed by atoms with Crippen molar-refractivity contribution in [3.63, 3.8) is 0 Å². The van der Waals surface area contributed by atoms with Gasteiger partial charge in [0.2, 0.25) is 11.8 Å². The maximum absolute atomic E-state index is 12.0. The Labute approximate surface area is 141 Å². The van der Waals surface area contributed by atoms with Gasteiger partial charge in [-0.3, -0.25) is 9.59 Å². The largest absolute Gasteiger partial charge is 0.338 e. The zero-order chi connectivity index (χ0) is 16.8. The van der Waals surface area contributed by atoms with Crippen LogP contribution in [0.25, 0.3) is 6.08 Å². The standard InChI is InChI=1S/C20H20N2O2/c23-19(12-11-16-6-2-1-3-7-16)21-18-9-4-8-17(14-18)15-22-13-5-10-20(22)24/h1-4,6-9,11-12,14H,5,10,13,15H2,(H,21,23)/b12-11+. The number of nitrogens with zero attached hydrogens (tertiary/aromatic N) is 1. The quantitative estimate of drug-likeness (QED) is 0.858. The van der Waals surface area contributed by atoms with Gasteiger partial charge in [-0.1, -0.05) is 42.5 Å². The monoisotopic (exact) mass is 320 g/mol. The Bertz CT molecular complexity index is 753. The summed E-state index contributed by atoms with van der Waals surface area (Å²) in [7, 11) is 0. The van der Waals surface area contributed by atoms with Crippen molar-refractivity contribution < 1.29 is 9.59 Å². The molecular weight excluding hydrogens is 300 g/mol. The van der Waals surface area contributed by atoms with Gasteiger partial charge in [0.15, 0.2) is 0 Å². The predicted molar refractivity (Wildman–Crippen MR) is 95.2 cm³/mol. The van der Waals surface area contributed by atoms with Crippen molar-refractivity contribution in [1.29, 1.82) is 0 Å². The molecule has 0 aliphatic carbocycles. The van der Waals surface area contributed by atoms with Gasteiger partial charge in [-0.25, -0.2) is 0 Å². The second-order valence-electron chi connectivity index (χ2n) is 5.85. The fourth-order valence-corrected chi connectivity index (χ4v) is 2.76. The molecule has 1 fully saturated rings. The third-order valence-corrected chi connectivity index (χ3v) is 3.97. The molecule has 2 aromatic rings. The molecule has 1 heterocycles. The summed E-state index contributed by atoms with van der Waals surface area (Å²) in [5.74, 6) is 0.0310. The Hall–Kier alpha value is -2.88. The van der Waals surface area contributed by atoms with Gasteiger partial charge in [0.1, 0.15) is 0 Å². The normalized spacial score (nSPS) is 14.3. The van der Waals surface area contributed by atoms with E-state index < -0.39 is 0 Å². The summed E-state index contributed by atoms with van der Waals surface area (Å²) in [5, 5.41) is 2.86. The molecule has 1 aliphatic rings. The third-order valence-electron chi connectivity index (χ3n) is 3.97. The lowest BCUT2D eigenvalue weighted by Gasteiger charge is -2.16. The predicted octanol–water partition coefficient (Wildman–Crippen LogP) is 3.46. The summed E-state index contributed by atoms with van der Waals surface area (Å²) in [4.78, 5) is 25.6. The molecule has 0 unspecified atom stereocenters. The number of carbonyl (C=O) groups is 2. The Balaban J connectivity index is 1.60. The molecule has 0 atom stereocenters. The highest BCUT2D eigenvalue weighted by Crippen LogP contribution is 2.17. The number of nitrogens with one attached hydrogen (secondary N) is 1. The molecule has 24 heavy (non-hydrogen) atoms. The summed E-state index contributed by atoms with van der Waals surface area (Å²) in [6.07, 6.45) is 4.87. The van der Waals surface area contributed by atoms with Crippen LogP contribution in [0.1, 0.15) is 24.0 Å². The van der Waals surface area contributed by atoms with E-state index >= 15 is 0 Å². The number of carbonyl (C=O) groups excluding carboxylic acids is 2. The van der Waals surface area contributed by atoms with Crippen LogP contribution in [0.15, 0.2) is 60.7 Å². The number of rotatable bonds is 5. The van der Waals surface area contributed by atoms with Crippen LogP contribution in [0.3, 0.4) is 0 Å². The number of benzene rings is 2.